The Hall–Kier alpha value is -0.360. The van der Waals surface area contributed by atoms with E-state index in [4.69, 9.17) is 5.73 Å². The lowest BCUT2D eigenvalue weighted by molar-refractivity contribution is -0.158. The smallest absolute Gasteiger partial charge is 0.420 e. The maximum absolute atomic E-state index is 13.0. The number of nitrogens with two attached hydrogens (primary N) is 1. The van der Waals surface area contributed by atoms with E-state index in [2.05, 4.69) is 36.6 Å². The predicted octanol–water partition coefficient (Wildman–Crippen LogP) is 3.36. The van der Waals surface area contributed by atoms with E-state index < -0.39 is 9.85 Å². The summed E-state index contributed by atoms with van der Waals surface area (Å²) in [5.74, 6) is 0.0631. The Labute approximate surface area is 96.7 Å². The summed E-state index contributed by atoms with van der Waals surface area (Å²) < 4.78 is 29.2. The molecule has 0 aromatic heterocycles. The van der Waals surface area contributed by atoms with Gasteiger partial charge in [0.1, 0.15) is 5.75 Å². The second-order valence-electron chi connectivity index (χ2n) is 2.53. The highest BCUT2D eigenvalue weighted by Gasteiger charge is 2.39. The van der Waals surface area contributed by atoms with Gasteiger partial charge in [0.05, 0.1) is 0 Å². The van der Waals surface area contributed by atoms with E-state index >= 15 is 0 Å². The van der Waals surface area contributed by atoms with Crippen molar-refractivity contribution in [2.75, 3.05) is 5.73 Å². The van der Waals surface area contributed by atoms with Crippen LogP contribution in [0.1, 0.15) is 0 Å². The van der Waals surface area contributed by atoms with Crippen LogP contribution in [0.4, 0.5) is 14.5 Å². The van der Waals surface area contributed by atoms with Gasteiger partial charge < -0.3 is 10.5 Å². The maximum Gasteiger partial charge on any atom is 0.420 e. The topological polar surface area (TPSA) is 35.2 Å². The van der Waals surface area contributed by atoms with Crippen LogP contribution in [0, 0.1) is 0 Å². The Bertz CT molecular complexity index is 303. The number of hydrogen-bond donors (Lipinski definition) is 1. The molecule has 78 valence electrons. The van der Waals surface area contributed by atoms with Crippen LogP contribution in [0.3, 0.4) is 0 Å². The Kier molecular flexibility index (Phi) is 3.71. The maximum atomic E-state index is 13.0. The van der Waals surface area contributed by atoms with Crippen LogP contribution in [-0.2, 0) is 0 Å². The molecule has 0 aliphatic carbocycles. The van der Waals surface area contributed by atoms with Crippen LogP contribution in [0.5, 0.6) is 5.75 Å². The van der Waals surface area contributed by atoms with Crippen molar-refractivity contribution in [2.45, 2.75) is 9.85 Å². The lowest BCUT2D eigenvalue weighted by Crippen LogP contribution is -2.31. The summed E-state index contributed by atoms with van der Waals surface area (Å²) in [7, 11) is 0. The highest BCUT2D eigenvalue weighted by molar-refractivity contribution is 9.24. The normalized spacial score (nSPS) is 11.8. The van der Waals surface area contributed by atoms with E-state index in [9.17, 15) is 8.78 Å². The average molecular weight is 331 g/mol. The van der Waals surface area contributed by atoms with Gasteiger partial charge in [-0.1, -0.05) is 31.9 Å². The molecule has 0 heterocycles. The highest BCUT2D eigenvalue weighted by atomic mass is 79.9. The van der Waals surface area contributed by atoms with Gasteiger partial charge in [0.15, 0.2) is 3.74 Å². The Balaban J connectivity index is 2.74. The number of anilines is 1. The summed E-state index contributed by atoms with van der Waals surface area (Å²) in [6.45, 7) is 0. The minimum Gasteiger partial charge on any atom is -0.431 e. The largest absolute Gasteiger partial charge is 0.431 e. The van der Waals surface area contributed by atoms with Gasteiger partial charge in [-0.25, -0.2) is 0 Å². The SMILES string of the molecule is Nc1ccc(OC(F)(F)C(Br)Br)cc1. The monoisotopic (exact) mass is 329 g/mol. The third-order valence-corrected chi connectivity index (χ3v) is 2.45. The molecule has 14 heavy (non-hydrogen) atoms. The van der Waals surface area contributed by atoms with Gasteiger partial charge in [-0.2, -0.15) is 8.78 Å². The fourth-order valence-corrected chi connectivity index (χ4v) is 0.924. The van der Waals surface area contributed by atoms with E-state index in [1.54, 1.807) is 0 Å². The molecule has 0 bridgehead atoms. The van der Waals surface area contributed by atoms with Crippen LogP contribution in [-0.4, -0.2) is 9.85 Å². The van der Waals surface area contributed by atoms with Crippen molar-refractivity contribution in [3.8, 4) is 5.75 Å². The Morgan fingerprint density at radius 2 is 1.71 bits per heavy atom. The molecule has 0 unspecified atom stereocenters. The standard InChI is InChI=1S/C8H7Br2F2NO/c9-7(10)8(11,12)14-6-3-1-5(13)2-4-6/h1-4,7H,13H2. The van der Waals surface area contributed by atoms with Crippen molar-refractivity contribution in [3.05, 3.63) is 24.3 Å². The first kappa shape index (κ1) is 11.7. The van der Waals surface area contributed by atoms with Gasteiger partial charge in [-0.05, 0) is 24.3 Å². The number of alkyl halides is 4. The molecule has 1 aromatic rings. The van der Waals surface area contributed by atoms with Crippen molar-refractivity contribution in [1.82, 2.24) is 0 Å². The third-order valence-electron chi connectivity index (χ3n) is 1.39. The summed E-state index contributed by atoms with van der Waals surface area (Å²) in [5.41, 5.74) is 5.88. The van der Waals surface area contributed by atoms with Crippen LogP contribution >= 0.6 is 31.9 Å². The van der Waals surface area contributed by atoms with Crippen LogP contribution < -0.4 is 10.5 Å². The molecule has 0 fully saturated rings. The third kappa shape index (κ3) is 3.09. The first-order valence-electron chi connectivity index (χ1n) is 3.62. The molecule has 0 aliphatic heterocycles. The Morgan fingerprint density at radius 3 is 2.14 bits per heavy atom. The molecular formula is C8H7Br2F2NO. The molecule has 0 amide bonds. The molecule has 0 aliphatic rings. The second-order valence-corrected chi connectivity index (χ2v) is 5.59. The number of hydrogen-bond acceptors (Lipinski definition) is 2. The van der Waals surface area contributed by atoms with Crippen molar-refractivity contribution in [2.24, 2.45) is 0 Å². The zero-order valence-corrected chi connectivity index (χ0v) is 10.1. The molecule has 2 N–H and O–H groups in total. The van der Waals surface area contributed by atoms with E-state index in [0.29, 0.717) is 5.69 Å². The van der Waals surface area contributed by atoms with Crippen molar-refractivity contribution in [3.63, 3.8) is 0 Å². The molecule has 0 atom stereocenters. The molecule has 2 nitrogen and oxygen atoms in total. The summed E-state index contributed by atoms with van der Waals surface area (Å²) >= 11 is 5.37. The summed E-state index contributed by atoms with van der Waals surface area (Å²) in [4.78, 5) is 0. The second kappa shape index (κ2) is 4.44. The molecule has 1 rings (SSSR count). The minimum atomic E-state index is -3.31. The molecule has 1 aromatic carbocycles. The number of halogens is 4. The lowest BCUT2D eigenvalue weighted by Gasteiger charge is -2.19. The van der Waals surface area contributed by atoms with Crippen molar-refractivity contribution in [1.29, 1.82) is 0 Å². The lowest BCUT2D eigenvalue weighted by atomic mass is 10.3. The fourth-order valence-electron chi connectivity index (χ4n) is 0.738. The zero-order chi connectivity index (χ0) is 10.8. The quantitative estimate of drug-likeness (QED) is 0.681. The Morgan fingerprint density at radius 1 is 1.21 bits per heavy atom. The minimum absolute atomic E-state index is 0.0631. The van der Waals surface area contributed by atoms with Crippen LogP contribution in [0.15, 0.2) is 24.3 Å². The molecule has 0 spiro atoms. The fraction of sp³-hybridized carbons (Fsp3) is 0.250. The van der Waals surface area contributed by atoms with Gasteiger partial charge >= 0.3 is 6.11 Å². The number of ether oxygens (including phenoxy) is 1. The highest BCUT2D eigenvalue weighted by Crippen LogP contribution is 2.32. The first-order chi connectivity index (χ1) is 6.42. The predicted molar refractivity (Wildman–Crippen MR) is 58.1 cm³/mol. The zero-order valence-electron chi connectivity index (χ0n) is 6.88. The van der Waals surface area contributed by atoms with Gasteiger partial charge in [-0.3, -0.25) is 0 Å². The molecule has 6 heteroatoms. The molecule has 0 saturated heterocycles. The van der Waals surface area contributed by atoms with Crippen LogP contribution in [0.2, 0.25) is 0 Å². The summed E-state index contributed by atoms with van der Waals surface area (Å²) in [6, 6.07) is 5.74. The van der Waals surface area contributed by atoms with E-state index in [0.717, 1.165) is 0 Å². The molecule has 0 radical (unpaired) electrons. The van der Waals surface area contributed by atoms with Gasteiger partial charge in [0.2, 0.25) is 0 Å². The van der Waals surface area contributed by atoms with Gasteiger partial charge in [-0.15, -0.1) is 0 Å². The summed E-state index contributed by atoms with van der Waals surface area (Å²) in [5, 5.41) is 0. The van der Waals surface area contributed by atoms with Crippen molar-refractivity contribution >= 4 is 37.5 Å². The average Bonchev–Trinajstić information content (AvgIpc) is 2.08. The first-order valence-corrected chi connectivity index (χ1v) is 5.45. The van der Waals surface area contributed by atoms with E-state index in [-0.39, 0.29) is 5.75 Å². The number of rotatable bonds is 3. The van der Waals surface area contributed by atoms with Gasteiger partial charge in [0.25, 0.3) is 0 Å². The van der Waals surface area contributed by atoms with E-state index in [1.165, 1.54) is 24.3 Å². The summed E-state index contributed by atoms with van der Waals surface area (Å²) in [6.07, 6.45) is -3.31. The van der Waals surface area contributed by atoms with Gasteiger partial charge in [0, 0.05) is 5.69 Å². The van der Waals surface area contributed by atoms with Crippen LogP contribution in [0.25, 0.3) is 0 Å². The molecular weight excluding hydrogens is 324 g/mol. The van der Waals surface area contributed by atoms with E-state index in [1.807, 2.05) is 0 Å². The number of benzene rings is 1. The van der Waals surface area contributed by atoms with Crippen molar-refractivity contribution < 1.29 is 13.5 Å². The molecule has 0 saturated carbocycles. The number of nitrogen functional groups attached to an aromatic ring is 1.